The summed E-state index contributed by atoms with van der Waals surface area (Å²) in [5, 5.41) is 0. The summed E-state index contributed by atoms with van der Waals surface area (Å²) >= 11 is 0. The maximum Gasteiger partial charge on any atom is 0.161 e. The van der Waals surface area contributed by atoms with Gasteiger partial charge in [-0.05, 0) is 30.2 Å². The van der Waals surface area contributed by atoms with Gasteiger partial charge >= 0.3 is 0 Å². The van der Waals surface area contributed by atoms with Crippen LogP contribution in [0.15, 0.2) is 42.5 Å². The van der Waals surface area contributed by atoms with Crippen LogP contribution in [0.1, 0.15) is 17.9 Å². The van der Waals surface area contributed by atoms with Gasteiger partial charge in [0, 0.05) is 36.8 Å². The van der Waals surface area contributed by atoms with E-state index < -0.39 is 17.5 Å². The van der Waals surface area contributed by atoms with Crippen molar-refractivity contribution >= 4 is 5.69 Å². The lowest BCUT2D eigenvalue weighted by Crippen LogP contribution is -2.47. The van der Waals surface area contributed by atoms with Gasteiger partial charge in [-0.15, -0.1) is 0 Å². The average molecular weight is 306 g/mol. The van der Waals surface area contributed by atoms with Crippen molar-refractivity contribution < 1.29 is 13.2 Å². The Hall–Kier alpha value is -2.01. The van der Waals surface area contributed by atoms with Crippen LogP contribution in [0.25, 0.3) is 0 Å². The van der Waals surface area contributed by atoms with Crippen LogP contribution in [0.4, 0.5) is 18.9 Å². The highest BCUT2D eigenvalue weighted by molar-refractivity contribution is 5.47. The zero-order valence-corrected chi connectivity index (χ0v) is 12.0. The number of rotatable bonds is 2. The lowest BCUT2D eigenvalue weighted by atomic mass is 9.85. The third-order valence-electron chi connectivity index (χ3n) is 4.22. The van der Waals surface area contributed by atoms with E-state index in [1.807, 2.05) is 30.3 Å². The maximum absolute atomic E-state index is 13.9. The van der Waals surface area contributed by atoms with Gasteiger partial charge in [-0.1, -0.05) is 18.2 Å². The molecule has 1 heterocycles. The average Bonchev–Trinajstić information content (AvgIpc) is 2.52. The summed E-state index contributed by atoms with van der Waals surface area (Å²) in [4.78, 5) is 2.12. The van der Waals surface area contributed by atoms with Crippen LogP contribution >= 0.6 is 0 Å². The summed E-state index contributed by atoms with van der Waals surface area (Å²) in [7, 11) is 0. The highest BCUT2D eigenvalue weighted by atomic mass is 19.2. The molecule has 1 aliphatic rings. The predicted molar refractivity (Wildman–Crippen MR) is 80.3 cm³/mol. The zero-order chi connectivity index (χ0) is 15.7. The van der Waals surface area contributed by atoms with Gasteiger partial charge in [-0.2, -0.15) is 0 Å². The molecule has 0 radical (unpaired) electrons. The molecule has 116 valence electrons. The second-order valence-corrected chi connectivity index (χ2v) is 5.63. The van der Waals surface area contributed by atoms with Crippen LogP contribution in [0.2, 0.25) is 0 Å². The molecular formula is C17H17F3N2. The van der Waals surface area contributed by atoms with Crippen molar-refractivity contribution in [1.82, 2.24) is 0 Å². The molecule has 0 bridgehead atoms. The summed E-state index contributed by atoms with van der Waals surface area (Å²) < 4.78 is 40.4. The number of nitrogens with two attached hydrogens (primary N) is 1. The minimum absolute atomic E-state index is 0.166. The molecule has 2 N–H and O–H groups in total. The Bertz CT molecular complexity index is 660. The molecule has 2 nitrogen and oxygen atoms in total. The lowest BCUT2D eigenvalue weighted by Gasteiger charge is -2.38. The fourth-order valence-corrected chi connectivity index (χ4v) is 3.06. The van der Waals surface area contributed by atoms with Crippen molar-refractivity contribution in [3.63, 3.8) is 0 Å². The van der Waals surface area contributed by atoms with Gasteiger partial charge in [0.05, 0.1) is 0 Å². The molecule has 2 aromatic rings. The second-order valence-electron chi connectivity index (χ2n) is 5.63. The van der Waals surface area contributed by atoms with Crippen molar-refractivity contribution in [3.05, 3.63) is 65.5 Å². The summed E-state index contributed by atoms with van der Waals surface area (Å²) in [5.74, 6) is -3.24. The van der Waals surface area contributed by atoms with Crippen LogP contribution < -0.4 is 10.6 Å². The third kappa shape index (κ3) is 2.81. The fraction of sp³-hybridized carbons (Fsp3) is 0.294. The number of piperidine rings is 1. The normalized spacial score (nSPS) is 21.9. The van der Waals surface area contributed by atoms with Gasteiger partial charge in [0.25, 0.3) is 0 Å². The Kier molecular flexibility index (Phi) is 4.07. The van der Waals surface area contributed by atoms with Crippen LogP contribution in [-0.2, 0) is 0 Å². The molecule has 5 heteroatoms. The number of para-hydroxylation sites is 1. The zero-order valence-electron chi connectivity index (χ0n) is 12.0. The van der Waals surface area contributed by atoms with Crippen molar-refractivity contribution in [1.29, 1.82) is 0 Å². The van der Waals surface area contributed by atoms with E-state index >= 15 is 0 Å². The summed E-state index contributed by atoms with van der Waals surface area (Å²) in [6.45, 7) is 1.24. The van der Waals surface area contributed by atoms with Crippen LogP contribution in [0, 0.1) is 17.5 Å². The molecule has 0 saturated carbocycles. The molecule has 2 atom stereocenters. The molecule has 0 aromatic heterocycles. The first-order valence-corrected chi connectivity index (χ1v) is 7.26. The SMILES string of the molecule is N[C@H]1CN(c2ccccc2)CC[C@@H]1c1cc(F)c(F)cc1F. The Morgan fingerprint density at radius 3 is 2.32 bits per heavy atom. The number of nitrogens with zero attached hydrogens (tertiary/aromatic N) is 1. The molecule has 1 saturated heterocycles. The Morgan fingerprint density at radius 1 is 0.955 bits per heavy atom. The first-order chi connectivity index (χ1) is 10.6. The van der Waals surface area contributed by atoms with Gasteiger partial charge in [0.2, 0.25) is 0 Å². The van der Waals surface area contributed by atoms with Crippen molar-refractivity contribution in [2.24, 2.45) is 5.73 Å². The van der Waals surface area contributed by atoms with Crippen LogP contribution in [0.5, 0.6) is 0 Å². The van der Waals surface area contributed by atoms with Crippen molar-refractivity contribution in [2.75, 3.05) is 18.0 Å². The molecule has 22 heavy (non-hydrogen) atoms. The number of halogens is 3. The van der Waals surface area contributed by atoms with E-state index in [9.17, 15) is 13.2 Å². The summed E-state index contributed by atoms with van der Waals surface area (Å²) in [6.07, 6.45) is 0.595. The minimum Gasteiger partial charge on any atom is -0.370 e. The molecule has 0 amide bonds. The lowest BCUT2D eigenvalue weighted by molar-refractivity contribution is 0.417. The Balaban J connectivity index is 1.80. The Labute approximate surface area is 127 Å². The van der Waals surface area contributed by atoms with Crippen LogP contribution in [-0.4, -0.2) is 19.1 Å². The van der Waals surface area contributed by atoms with E-state index in [0.29, 0.717) is 25.6 Å². The molecule has 0 spiro atoms. The Morgan fingerprint density at radius 2 is 1.64 bits per heavy atom. The van der Waals surface area contributed by atoms with E-state index in [0.717, 1.165) is 11.8 Å². The number of anilines is 1. The maximum atomic E-state index is 13.9. The highest BCUT2D eigenvalue weighted by Crippen LogP contribution is 2.32. The van der Waals surface area contributed by atoms with E-state index in [1.165, 1.54) is 0 Å². The summed E-state index contributed by atoms with van der Waals surface area (Å²) in [5.41, 5.74) is 7.39. The number of benzene rings is 2. The first-order valence-electron chi connectivity index (χ1n) is 7.26. The predicted octanol–water partition coefficient (Wildman–Crippen LogP) is 3.43. The van der Waals surface area contributed by atoms with E-state index in [2.05, 4.69) is 4.90 Å². The smallest absolute Gasteiger partial charge is 0.161 e. The van der Waals surface area contributed by atoms with Crippen molar-refractivity contribution in [2.45, 2.75) is 18.4 Å². The first kappa shape index (κ1) is 14.9. The van der Waals surface area contributed by atoms with Gasteiger partial charge in [-0.3, -0.25) is 0 Å². The molecular weight excluding hydrogens is 289 g/mol. The fourth-order valence-electron chi connectivity index (χ4n) is 3.06. The molecule has 0 unspecified atom stereocenters. The van der Waals surface area contributed by atoms with E-state index in [4.69, 9.17) is 5.73 Å². The molecule has 1 fully saturated rings. The second kappa shape index (κ2) is 6.01. The monoisotopic (exact) mass is 306 g/mol. The number of hydrogen-bond acceptors (Lipinski definition) is 2. The standard InChI is InChI=1S/C17H17F3N2/c18-14-9-16(20)15(19)8-13(14)12-6-7-22(10-17(12)21)11-4-2-1-3-5-11/h1-5,8-9,12,17H,6-7,10,21H2/t12-,17+/m1/s1. The van der Waals surface area contributed by atoms with Gasteiger partial charge in [0.15, 0.2) is 11.6 Å². The highest BCUT2D eigenvalue weighted by Gasteiger charge is 2.30. The minimum atomic E-state index is -1.17. The van der Waals surface area contributed by atoms with Gasteiger partial charge in [-0.25, -0.2) is 13.2 Å². The van der Waals surface area contributed by atoms with Crippen molar-refractivity contribution in [3.8, 4) is 0 Å². The molecule has 2 aromatic carbocycles. The molecule has 3 rings (SSSR count). The van der Waals surface area contributed by atoms with Crippen LogP contribution in [0.3, 0.4) is 0 Å². The van der Waals surface area contributed by atoms with Gasteiger partial charge < -0.3 is 10.6 Å². The van der Waals surface area contributed by atoms with E-state index in [-0.39, 0.29) is 17.5 Å². The quantitative estimate of drug-likeness (QED) is 0.861. The van der Waals surface area contributed by atoms with Gasteiger partial charge in [0.1, 0.15) is 5.82 Å². The molecule has 1 aliphatic heterocycles. The largest absolute Gasteiger partial charge is 0.370 e. The van der Waals surface area contributed by atoms with E-state index in [1.54, 1.807) is 0 Å². The third-order valence-corrected chi connectivity index (χ3v) is 4.22. The summed E-state index contributed by atoms with van der Waals surface area (Å²) in [6, 6.07) is 11.0. The topological polar surface area (TPSA) is 29.3 Å². The number of hydrogen-bond donors (Lipinski definition) is 1. The molecule has 0 aliphatic carbocycles.